The molecule has 21 heavy (non-hydrogen) atoms. The Labute approximate surface area is 125 Å². The highest BCUT2D eigenvalue weighted by molar-refractivity contribution is 6.00. The molecule has 0 aromatic heterocycles. The molecule has 3 rings (SSSR count). The van der Waals surface area contributed by atoms with Gasteiger partial charge in [-0.3, -0.25) is 9.59 Å². The molecule has 5 heteroatoms. The van der Waals surface area contributed by atoms with E-state index in [1.807, 2.05) is 35.2 Å². The Kier molecular flexibility index (Phi) is 3.92. The van der Waals surface area contributed by atoms with Crippen LogP contribution in [0.2, 0.25) is 0 Å². The van der Waals surface area contributed by atoms with Crippen LogP contribution in [-0.4, -0.2) is 61.4 Å². The Balaban J connectivity index is 1.66. The van der Waals surface area contributed by atoms with E-state index >= 15 is 0 Å². The molecule has 2 fully saturated rings. The van der Waals surface area contributed by atoms with Crippen molar-refractivity contribution in [2.45, 2.75) is 6.42 Å². The molecule has 0 unspecified atom stereocenters. The Hall–Kier alpha value is -1.88. The summed E-state index contributed by atoms with van der Waals surface area (Å²) in [5, 5.41) is 0. The van der Waals surface area contributed by atoms with Crippen molar-refractivity contribution in [2.75, 3.05) is 44.7 Å². The highest BCUT2D eigenvalue weighted by atomic mass is 16.2. The first kappa shape index (κ1) is 14.1. The summed E-state index contributed by atoms with van der Waals surface area (Å²) in [4.78, 5) is 30.6. The van der Waals surface area contributed by atoms with Crippen molar-refractivity contribution in [1.29, 1.82) is 0 Å². The van der Waals surface area contributed by atoms with Crippen molar-refractivity contribution < 1.29 is 9.59 Å². The van der Waals surface area contributed by atoms with E-state index in [9.17, 15) is 9.59 Å². The number of carbonyl (C=O) groups excluding carboxylic acids is 2. The molecule has 2 aliphatic heterocycles. The number of piperazine rings is 1. The van der Waals surface area contributed by atoms with E-state index in [1.54, 1.807) is 4.90 Å². The zero-order chi connectivity index (χ0) is 14.8. The summed E-state index contributed by atoms with van der Waals surface area (Å²) in [7, 11) is 2.07. The molecular formula is C16H21N3O2. The molecule has 0 saturated carbocycles. The van der Waals surface area contributed by atoms with Crippen molar-refractivity contribution >= 4 is 17.5 Å². The van der Waals surface area contributed by atoms with Gasteiger partial charge in [-0.15, -0.1) is 0 Å². The van der Waals surface area contributed by atoms with Crippen LogP contribution in [0.5, 0.6) is 0 Å². The zero-order valence-corrected chi connectivity index (χ0v) is 12.4. The second-order valence-electron chi connectivity index (χ2n) is 5.87. The average Bonchev–Trinajstić information content (AvgIpc) is 2.90. The van der Waals surface area contributed by atoms with Gasteiger partial charge in [0.1, 0.15) is 0 Å². The number of para-hydroxylation sites is 1. The van der Waals surface area contributed by atoms with Gasteiger partial charge in [0.25, 0.3) is 0 Å². The number of carbonyl (C=O) groups is 2. The predicted molar refractivity (Wildman–Crippen MR) is 81.0 cm³/mol. The fourth-order valence-corrected chi connectivity index (χ4v) is 3.02. The normalized spacial score (nSPS) is 23.7. The van der Waals surface area contributed by atoms with E-state index in [1.165, 1.54) is 0 Å². The number of nitrogens with zero attached hydrogens (tertiary/aromatic N) is 3. The highest BCUT2D eigenvalue weighted by Gasteiger charge is 2.37. The Morgan fingerprint density at radius 3 is 2.43 bits per heavy atom. The van der Waals surface area contributed by atoms with E-state index < -0.39 is 0 Å². The van der Waals surface area contributed by atoms with Gasteiger partial charge < -0.3 is 14.7 Å². The minimum atomic E-state index is -0.193. The Bertz CT molecular complexity index is 524. The minimum absolute atomic E-state index is 0.0497. The molecule has 1 aromatic rings. The molecule has 2 saturated heterocycles. The van der Waals surface area contributed by atoms with Gasteiger partial charge in [0.2, 0.25) is 11.8 Å². The maximum absolute atomic E-state index is 12.6. The van der Waals surface area contributed by atoms with Crippen LogP contribution in [0.1, 0.15) is 6.42 Å². The second kappa shape index (κ2) is 5.85. The smallest absolute Gasteiger partial charge is 0.228 e. The summed E-state index contributed by atoms with van der Waals surface area (Å²) >= 11 is 0. The number of hydrogen-bond donors (Lipinski definition) is 0. The van der Waals surface area contributed by atoms with Gasteiger partial charge in [0.05, 0.1) is 5.92 Å². The number of hydrogen-bond acceptors (Lipinski definition) is 3. The summed E-state index contributed by atoms with van der Waals surface area (Å²) in [6.07, 6.45) is 0.333. The Morgan fingerprint density at radius 1 is 1.10 bits per heavy atom. The van der Waals surface area contributed by atoms with E-state index in [-0.39, 0.29) is 17.7 Å². The van der Waals surface area contributed by atoms with Gasteiger partial charge in [-0.2, -0.15) is 0 Å². The van der Waals surface area contributed by atoms with Crippen LogP contribution in [0.15, 0.2) is 30.3 Å². The van der Waals surface area contributed by atoms with E-state index in [0.717, 1.165) is 31.9 Å². The lowest BCUT2D eigenvalue weighted by atomic mass is 10.1. The first-order valence-corrected chi connectivity index (χ1v) is 7.48. The quantitative estimate of drug-likeness (QED) is 0.808. The number of anilines is 1. The molecule has 0 spiro atoms. The third-order valence-electron chi connectivity index (χ3n) is 4.36. The molecule has 0 bridgehead atoms. The van der Waals surface area contributed by atoms with Crippen LogP contribution >= 0.6 is 0 Å². The second-order valence-corrected chi connectivity index (χ2v) is 5.87. The first-order chi connectivity index (χ1) is 10.1. The largest absolute Gasteiger partial charge is 0.340 e. The summed E-state index contributed by atoms with van der Waals surface area (Å²) < 4.78 is 0. The number of likely N-dealkylation sites (N-methyl/N-ethyl adjacent to an activating group) is 1. The summed E-state index contributed by atoms with van der Waals surface area (Å²) in [5.41, 5.74) is 0.885. The van der Waals surface area contributed by atoms with Gasteiger partial charge in [0.15, 0.2) is 0 Å². The van der Waals surface area contributed by atoms with Gasteiger partial charge in [-0.25, -0.2) is 0 Å². The average molecular weight is 287 g/mol. The fourth-order valence-electron chi connectivity index (χ4n) is 3.02. The highest BCUT2D eigenvalue weighted by Crippen LogP contribution is 2.26. The van der Waals surface area contributed by atoms with Crippen molar-refractivity contribution in [3.8, 4) is 0 Å². The summed E-state index contributed by atoms with van der Waals surface area (Å²) in [6, 6.07) is 9.59. The van der Waals surface area contributed by atoms with Gasteiger partial charge >= 0.3 is 0 Å². The van der Waals surface area contributed by atoms with Crippen molar-refractivity contribution in [3.63, 3.8) is 0 Å². The molecule has 5 nitrogen and oxygen atoms in total. The molecule has 0 N–H and O–H groups in total. The lowest BCUT2D eigenvalue weighted by Gasteiger charge is -2.33. The number of amides is 2. The number of benzene rings is 1. The lowest BCUT2D eigenvalue weighted by molar-refractivity contribution is -0.137. The molecule has 1 atom stereocenters. The summed E-state index contributed by atoms with van der Waals surface area (Å²) in [6.45, 7) is 3.87. The van der Waals surface area contributed by atoms with Crippen LogP contribution in [0.3, 0.4) is 0 Å². The standard InChI is InChI=1S/C16H21N3O2/c1-17-7-9-18(10-8-17)16(21)13-11-15(20)19(12-13)14-5-3-2-4-6-14/h2-6,13H,7-12H2,1H3/t13-/m0/s1. The monoisotopic (exact) mass is 287 g/mol. The molecule has 0 aliphatic carbocycles. The summed E-state index contributed by atoms with van der Waals surface area (Å²) in [5.74, 6) is -0.00956. The van der Waals surface area contributed by atoms with Crippen LogP contribution in [-0.2, 0) is 9.59 Å². The maximum atomic E-state index is 12.6. The molecule has 1 aromatic carbocycles. The molecular weight excluding hydrogens is 266 g/mol. The molecule has 2 amide bonds. The first-order valence-electron chi connectivity index (χ1n) is 7.48. The Morgan fingerprint density at radius 2 is 1.76 bits per heavy atom. The maximum Gasteiger partial charge on any atom is 0.228 e. The van der Waals surface area contributed by atoms with Gasteiger partial charge in [-0.1, -0.05) is 18.2 Å². The minimum Gasteiger partial charge on any atom is -0.340 e. The van der Waals surface area contributed by atoms with Crippen LogP contribution in [0.25, 0.3) is 0 Å². The van der Waals surface area contributed by atoms with Crippen molar-refractivity contribution in [2.24, 2.45) is 5.92 Å². The van der Waals surface area contributed by atoms with Gasteiger partial charge in [0, 0.05) is 44.8 Å². The van der Waals surface area contributed by atoms with Crippen LogP contribution in [0.4, 0.5) is 5.69 Å². The molecule has 2 heterocycles. The van der Waals surface area contributed by atoms with Crippen molar-refractivity contribution in [3.05, 3.63) is 30.3 Å². The zero-order valence-electron chi connectivity index (χ0n) is 12.4. The SMILES string of the molecule is CN1CCN(C(=O)[C@H]2CC(=O)N(c3ccccc3)C2)CC1. The fraction of sp³-hybridized carbons (Fsp3) is 0.500. The van der Waals surface area contributed by atoms with E-state index in [4.69, 9.17) is 0 Å². The van der Waals surface area contributed by atoms with Gasteiger partial charge in [-0.05, 0) is 19.2 Å². The molecule has 2 aliphatic rings. The van der Waals surface area contributed by atoms with Crippen LogP contribution < -0.4 is 4.90 Å². The van der Waals surface area contributed by atoms with E-state index in [2.05, 4.69) is 11.9 Å². The third kappa shape index (κ3) is 2.93. The van der Waals surface area contributed by atoms with E-state index in [0.29, 0.717) is 13.0 Å². The van der Waals surface area contributed by atoms with Crippen LogP contribution in [0, 0.1) is 5.92 Å². The third-order valence-corrected chi connectivity index (χ3v) is 4.36. The van der Waals surface area contributed by atoms with Crippen molar-refractivity contribution in [1.82, 2.24) is 9.80 Å². The topological polar surface area (TPSA) is 43.9 Å². The number of rotatable bonds is 2. The predicted octanol–water partition coefficient (Wildman–Crippen LogP) is 0.813. The molecule has 0 radical (unpaired) electrons. The molecule has 112 valence electrons. The lowest BCUT2D eigenvalue weighted by Crippen LogP contribution is -2.49.